The molecule has 2 aliphatic rings. The molecule has 0 radical (unpaired) electrons. The highest BCUT2D eigenvalue weighted by Crippen LogP contribution is 2.44. The maximum Gasteiger partial charge on any atom is 0.223 e. The number of benzene rings is 2. The van der Waals surface area contributed by atoms with Crippen molar-refractivity contribution in [1.82, 2.24) is 14.9 Å². The molecule has 2 N–H and O–H groups in total. The van der Waals surface area contributed by atoms with E-state index < -0.39 is 6.10 Å². The van der Waals surface area contributed by atoms with E-state index in [-0.39, 0.29) is 29.6 Å². The smallest absolute Gasteiger partial charge is 0.223 e. The summed E-state index contributed by atoms with van der Waals surface area (Å²) in [6, 6.07) is 14.8. The first-order chi connectivity index (χ1) is 15.6. The second kappa shape index (κ2) is 8.87. The van der Waals surface area contributed by atoms with Crippen LogP contribution in [0.2, 0.25) is 0 Å². The van der Waals surface area contributed by atoms with Crippen molar-refractivity contribution in [2.45, 2.75) is 50.8 Å². The van der Waals surface area contributed by atoms with Crippen LogP contribution >= 0.6 is 0 Å². The van der Waals surface area contributed by atoms with Gasteiger partial charge in [-0.1, -0.05) is 42.5 Å². The standard InChI is InChI=1S/C26H28FN3O2/c27-21-8-4-7-20-23-15-28-16-30(23)22(25(20)21)13-24(31)18-9-11-19(12-10-18)26(32)29-14-17-5-2-1-3-6-17/h1-8,15-16,18-19,22,24,31H,9-14H2,(H,29,32). The molecule has 2 heterocycles. The molecule has 166 valence electrons. The lowest BCUT2D eigenvalue weighted by atomic mass is 9.77. The first-order valence-electron chi connectivity index (χ1n) is 11.4. The number of imidazole rings is 1. The van der Waals surface area contributed by atoms with Crippen LogP contribution in [-0.2, 0) is 11.3 Å². The number of nitrogens with one attached hydrogen (secondary N) is 1. The van der Waals surface area contributed by atoms with Crippen molar-refractivity contribution in [3.63, 3.8) is 0 Å². The Balaban J connectivity index is 1.18. The third kappa shape index (κ3) is 3.95. The first kappa shape index (κ1) is 20.9. The third-order valence-electron chi connectivity index (χ3n) is 7.13. The maximum absolute atomic E-state index is 14.7. The molecule has 1 aliphatic carbocycles. The van der Waals surface area contributed by atoms with Crippen molar-refractivity contribution in [1.29, 1.82) is 0 Å². The molecule has 32 heavy (non-hydrogen) atoms. The molecule has 1 saturated carbocycles. The highest BCUT2D eigenvalue weighted by atomic mass is 19.1. The number of carbonyl (C=O) groups excluding carboxylic acids is 1. The van der Waals surface area contributed by atoms with E-state index in [4.69, 9.17) is 0 Å². The summed E-state index contributed by atoms with van der Waals surface area (Å²) < 4.78 is 16.6. The summed E-state index contributed by atoms with van der Waals surface area (Å²) in [5.41, 5.74) is 3.50. The number of aliphatic hydroxyl groups excluding tert-OH is 1. The highest BCUT2D eigenvalue weighted by molar-refractivity contribution is 5.78. The van der Waals surface area contributed by atoms with Crippen molar-refractivity contribution in [2.24, 2.45) is 11.8 Å². The van der Waals surface area contributed by atoms with Gasteiger partial charge in [0.2, 0.25) is 5.91 Å². The normalized spacial score (nSPS) is 22.8. The molecule has 2 aromatic carbocycles. The van der Waals surface area contributed by atoms with Crippen LogP contribution in [0.5, 0.6) is 0 Å². The van der Waals surface area contributed by atoms with E-state index in [2.05, 4.69) is 10.3 Å². The zero-order valence-electron chi connectivity index (χ0n) is 18.0. The molecule has 1 aliphatic heterocycles. The zero-order chi connectivity index (χ0) is 22.1. The largest absolute Gasteiger partial charge is 0.393 e. The zero-order valence-corrected chi connectivity index (χ0v) is 18.0. The van der Waals surface area contributed by atoms with Gasteiger partial charge >= 0.3 is 0 Å². The van der Waals surface area contributed by atoms with E-state index in [0.717, 1.165) is 42.5 Å². The number of amides is 1. The monoisotopic (exact) mass is 433 g/mol. The Bertz CT molecular complexity index is 1090. The number of halogens is 1. The van der Waals surface area contributed by atoms with Crippen molar-refractivity contribution in [3.8, 4) is 11.3 Å². The fraction of sp³-hybridized carbons (Fsp3) is 0.385. The van der Waals surface area contributed by atoms with Gasteiger partial charge in [-0.25, -0.2) is 9.37 Å². The maximum atomic E-state index is 14.7. The van der Waals surface area contributed by atoms with Crippen LogP contribution in [0.1, 0.15) is 49.3 Å². The van der Waals surface area contributed by atoms with E-state index in [1.807, 2.05) is 41.0 Å². The van der Waals surface area contributed by atoms with Gasteiger partial charge in [0.1, 0.15) is 5.82 Å². The summed E-state index contributed by atoms with van der Waals surface area (Å²) in [4.78, 5) is 16.8. The van der Waals surface area contributed by atoms with Crippen LogP contribution in [0, 0.1) is 17.7 Å². The molecule has 0 saturated heterocycles. The molecule has 5 rings (SSSR count). The molecule has 1 fully saturated rings. The van der Waals surface area contributed by atoms with E-state index in [1.54, 1.807) is 18.6 Å². The second-order valence-corrected chi connectivity index (χ2v) is 9.02. The molecule has 3 aromatic rings. The predicted molar refractivity (Wildman–Crippen MR) is 120 cm³/mol. The van der Waals surface area contributed by atoms with Crippen LogP contribution in [0.15, 0.2) is 61.1 Å². The van der Waals surface area contributed by atoms with E-state index in [9.17, 15) is 14.3 Å². The molecular formula is C26H28FN3O2. The van der Waals surface area contributed by atoms with Crippen molar-refractivity contribution in [3.05, 3.63) is 78.0 Å². The number of fused-ring (bicyclic) bond motifs is 3. The van der Waals surface area contributed by atoms with Gasteiger partial charge in [-0.15, -0.1) is 0 Å². The molecule has 2 unspecified atom stereocenters. The Hall–Kier alpha value is -2.99. The van der Waals surface area contributed by atoms with Crippen LogP contribution in [-0.4, -0.2) is 26.7 Å². The Morgan fingerprint density at radius 2 is 1.91 bits per heavy atom. The van der Waals surface area contributed by atoms with E-state index in [0.29, 0.717) is 18.5 Å². The molecule has 5 nitrogen and oxygen atoms in total. The number of aromatic nitrogens is 2. The minimum atomic E-state index is -0.547. The molecule has 1 amide bonds. The number of hydrogen-bond acceptors (Lipinski definition) is 3. The average Bonchev–Trinajstić information content (AvgIpc) is 3.41. The number of aliphatic hydroxyl groups is 1. The summed E-state index contributed by atoms with van der Waals surface area (Å²) in [5.74, 6) is -0.0260. The van der Waals surface area contributed by atoms with Gasteiger partial charge in [-0.3, -0.25) is 4.79 Å². The lowest BCUT2D eigenvalue weighted by Gasteiger charge is -2.32. The predicted octanol–water partition coefficient (Wildman–Crippen LogP) is 4.47. The molecule has 2 atom stereocenters. The first-order valence-corrected chi connectivity index (χ1v) is 11.4. The van der Waals surface area contributed by atoms with E-state index in [1.165, 1.54) is 6.07 Å². The van der Waals surface area contributed by atoms with Gasteiger partial charge in [-0.05, 0) is 49.7 Å². The Morgan fingerprint density at radius 3 is 2.69 bits per heavy atom. The van der Waals surface area contributed by atoms with Crippen LogP contribution in [0.25, 0.3) is 11.3 Å². The molecule has 0 bridgehead atoms. The number of carbonyl (C=O) groups is 1. The minimum absolute atomic E-state index is 0.00735. The summed E-state index contributed by atoms with van der Waals surface area (Å²) in [6.07, 6.45) is 6.53. The van der Waals surface area contributed by atoms with Crippen molar-refractivity contribution < 1.29 is 14.3 Å². The van der Waals surface area contributed by atoms with Crippen LogP contribution < -0.4 is 5.32 Å². The molecule has 1 aromatic heterocycles. The number of nitrogens with zero attached hydrogens (tertiary/aromatic N) is 2. The minimum Gasteiger partial charge on any atom is -0.393 e. The second-order valence-electron chi connectivity index (χ2n) is 9.02. The summed E-state index contributed by atoms with van der Waals surface area (Å²) in [6.45, 7) is 0.544. The fourth-order valence-corrected chi connectivity index (χ4v) is 5.35. The topological polar surface area (TPSA) is 67.2 Å². The lowest BCUT2D eigenvalue weighted by Crippen LogP contribution is -2.35. The lowest BCUT2D eigenvalue weighted by molar-refractivity contribution is -0.126. The Labute approximate surface area is 187 Å². The number of hydrogen-bond donors (Lipinski definition) is 2. The fourth-order valence-electron chi connectivity index (χ4n) is 5.35. The van der Waals surface area contributed by atoms with Gasteiger partial charge in [0, 0.05) is 23.6 Å². The SMILES string of the molecule is O=C(NCc1ccccc1)C1CCC(C(O)CC2c3c(F)cccc3-c3cncn32)CC1. The van der Waals surface area contributed by atoms with Crippen molar-refractivity contribution in [2.75, 3.05) is 0 Å². The van der Waals surface area contributed by atoms with Crippen LogP contribution in [0.4, 0.5) is 4.39 Å². The Morgan fingerprint density at radius 1 is 1.12 bits per heavy atom. The van der Waals surface area contributed by atoms with Crippen molar-refractivity contribution >= 4 is 5.91 Å². The quantitative estimate of drug-likeness (QED) is 0.603. The average molecular weight is 434 g/mol. The molecular weight excluding hydrogens is 405 g/mol. The van der Waals surface area contributed by atoms with Gasteiger partial charge in [0.05, 0.1) is 30.4 Å². The number of rotatable bonds is 6. The van der Waals surface area contributed by atoms with Gasteiger partial charge in [-0.2, -0.15) is 0 Å². The third-order valence-corrected chi connectivity index (χ3v) is 7.13. The van der Waals surface area contributed by atoms with Crippen LogP contribution in [0.3, 0.4) is 0 Å². The highest BCUT2D eigenvalue weighted by Gasteiger charge is 2.36. The van der Waals surface area contributed by atoms with Gasteiger partial charge in [0.25, 0.3) is 0 Å². The van der Waals surface area contributed by atoms with Gasteiger partial charge < -0.3 is 15.0 Å². The molecule has 6 heteroatoms. The Kier molecular flexibility index (Phi) is 5.79. The van der Waals surface area contributed by atoms with E-state index >= 15 is 0 Å². The van der Waals surface area contributed by atoms with Gasteiger partial charge in [0.15, 0.2) is 0 Å². The summed E-state index contributed by atoms with van der Waals surface area (Å²) in [5, 5.41) is 14.1. The summed E-state index contributed by atoms with van der Waals surface area (Å²) in [7, 11) is 0. The summed E-state index contributed by atoms with van der Waals surface area (Å²) >= 11 is 0. The molecule has 0 spiro atoms.